The number of nitrogens with zero attached hydrogens (tertiary/aromatic N) is 3. The molecule has 34 heavy (non-hydrogen) atoms. The second-order valence-electron chi connectivity index (χ2n) is 10.3. The number of likely N-dealkylation sites (tertiary alicyclic amines) is 1. The van der Waals surface area contributed by atoms with E-state index in [0.29, 0.717) is 31.8 Å². The van der Waals surface area contributed by atoms with Crippen LogP contribution in [0.2, 0.25) is 0 Å². The highest BCUT2D eigenvalue weighted by molar-refractivity contribution is 5.64. The lowest BCUT2D eigenvalue weighted by atomic mass is 9.75. The number of hydrogen-bond acceptors (Lipinski definition) is 7. The normalized spacial score (nSPS) is 31.6. The van der Waals surface area contributed by atoms with Crippen molar-refractivity contribution in [1.29, 1.82) is 0 Å². The summed E-state index contributed by atoms with van der Waals surface area (Å²) in [5.74, 6) is 2.03. The molecule has 7 heteroatoms. The third kappa shape index (κ3) is 6.58. The van der Waals surface area contributed by atoms with Gasteiger partial charge in [0.05, 0.1) is 38.4 Å². The van der Waals surface area contributed by atoms with E-state index in [4.69, 9.17) is 19.2 Å². The van der Waals surface area contributed by atoms with Crippen molar-refractivity contribution in [3.05, 3.63) is 36.4 Å². The van der Waals surface area contributed by atoms with Crippen LogP contribution < -0.4 is 5.32 Å². The van der Waals surface area contributed by atoms with Gasteiger partial charge in [-0.3, -0.25) is 0 Å². The monoisotopic (exact) mass is 468 g/mol. The van der Waals surface area contributed by atoms with E-state index in [1.807, 2.05) is 18.5 Å². The van der Waals surface area contributed by atoms with Crippen molar-refractivity contribution in [2.75, 3.05) is 51.4 Å². The Labute approximate surface area is 204 Å². The number of nitrogens with one attached hydrogen (secondary N) is 1. The number of hydrogen-bond donors (Lipinski definition) is 1. The first-order valence-corrected chi connectivity index (χ1v) is 13.3. The lowest BCUT2D eigenvalue weighted by molar-refractivity contribution is 0.0508. The lowest BCUT2D eigenvalue weighted by Crippen LogP contribution is -2.36. The van der Waals surface area contributed by atoms with Gasteiger partial charge in [0.1, 0.15) is 6.10 Å². The molecule has 1 aromatic rings. The minimum absolute atomic E-state index is 0.0476. The van der Waals surface area contributed by atoms with Gasteiger partial charge in [-0.25, -0.2) is 9.97 Å². The van der Waals surface area contributed by atoms with Gasteiger partial charge in [0.25, 0.3) is 0 Å². The van der Waals surface area contributed by atoms with Crippen LogP contribution in [0, 0.1) is 11.8 Å². The zero-order valence-electron chi connectivity index (χ0n) is 20.4. The Hall–Kier alpha value is -1.96. The molecule has 0 spiro atoms. The number of aromatic nitrogens is 2. The van der Waals surface area contributed by atoms with E-state index in [0.717, 1.165) is 42.6 Å². The summed E-state index contributed by atoms with van der Waals surface area (Å²) >= 11 is 0. The summed E-state index contributed by atoms with van der Waals surface area (Å²) in [6.07, 6.45) is 17.6. The third-order valence-corrected chi connectivity index (χ3v) is 7.79. The van der Waals surface area contributed by atoms with Gasteiger partial charge in [0.2, 0.25) is 5.95 Å². The first-order chi connectivity index (χ1) is 16.8. The smallest absolute Gasteiger partial charge is 0.223 e. The molecule has 2 fully saturated rings. The second kappa shape index (κ2) is 12.1. The Morgan fingerprint density at radius 1 is 1.06 bits per heavy atom. The summed E-state index contributed by atoms with van der Waals surface area (Å²) < 4.78 is 17.7. The molecule has 0 aromatic carbocycles. The summed E-state index contributed by atoms with van der Waals surface area (Å²) in [6, 6.07) is 2.36. The van der Waals surface area contributed by atoms with Crippen molar-refractivity contribution in [3.63, 3.8) is 0 Å². The van der Waals surface area contributed by atoms with E-state index < -0.39 is 0 Å². The molecule has 3 aliphatic heterocycles. The van der Waals surface area contributed by atoms with Gasteiger partial charge in [-0.15, -0.1) is 0 Å². The minimum Gasteiger partial charge on any atom is -0.495 e. The average Bonchev–Trinajstić information content (AvgIpc) is 3.54. The highest BCUT2D eigenvalue weighted by Gasteiger charge is 2.31. The molecule has 4 heterocycles. The van der Waals surface area contributed by atoms with E-state index >= 15 is 0 Å². The van der Waals surface area contributed by atoms with E-state index in [1.165, 1.54) is 58.2 Å². The second-order valence-corrected chi connectivity index (χ2v) is 10.3. The van der Waals surface area contributed by atoms with Gasteiger partial charge < -0.3 is 24.4 Å². The SMILES string of the molecule is C1=C2CC(COC/C=C/COCC3CC(CC[C@@H]3CCCN3CCCC3)Nc3nccc2n3)O1. The Morgan fingerprint density at radius 3 is 2.79 bits per heavy atom. The van der Waals surface area contributed by atoms with Crippen molar-refractivity contribution >= 4 is 11.5 Å². The van der Waals surface area contributed by atoms with Gasteiger partial charge >= 0.3 is 0 Å². The highest BCUT2D eigenvalue weighted by Crippen LogP contribution is 2.35. The van der Waals surface area contributed by atoms with Crippen LogP contribution in [0.3, 0.4) is 0 Å². The molecule has 1 aliphatic carbocycles. The van der Waals surface area contributed by atoms with Gasteiger partial charge in [0.15, 0.2) is 0 Å². The summed E-state index contributed by atoms with van der Waals surface area (Å²) in [5, 5.41) is 3.64. The zero-order valence-corrected chi connectivity index (χ0v) is 20.4. The van der Waals surface area contributed by atoms with E-state index in [1.54, 1.807) is 0 Å². The fourth-order valence-electron chi connectivity index (χ4n) is 5.89. The van der Waals surface area contributed by atoms with E-state index in [2.05, 4.69) is 27.4 Å². The van der Waals surface area contributed by atoms with Crippen LogP contribution >= 0.6 is 0 Å². The van der Waals surface area contributed by atoms with Crippen molar-refractivity contribution in [2.45, 2.75) is 63.5 Å². The van der Waals surface area contributed by atoms with Crippen LogP contribution in [0.25, 0.3) is 5.57 Å². The molecule has 1 saturated heterocycles. The molecule has 0 radical (unpaired) electrons. The Balaban J connectivity index is 1.23. The molecule has 6 bridgehead atoms. The Kier molecular flexibility index (Phi) is 8.48. The Morgan fingerprint density at radius 2 is 1.91 bits per heavy atom. The summed E-state index contributed by atoms with van der Waals surface area (Å²) in [4.78, 5) is 12.0. The topological polar surface area (TPSA) is 68.7 Å². The molecule has 4 aliphatic rings. The van der Waals surface area contributed by atoms with Gasteiger partial charge in [-0.05, 0) is 82.5 Å². The molecule has 1 saturated carbocycles. The van der Waals surface area contributed by atoms with E-state index in [9.17, 15) is 0 Å². The molecule has 5 rings (SSSR count). The van der Waals surface area contributed by atoms with Crippen LogP contribution in [-0.4, -0.2) is 73.1 Å². The van der Waals surface area contributed by atoms with Gasteiger partial charge in [-0.1, -0.05) is 12.2 Å². The number of rotatable bonds is 4. The van der Waals surface area contributed by atoms with Crippen LogP contribution in [0.5, 0.6) is 0 Å². The maximum atomic E-state index is 6.12. The Bertz CT molecular complexity index is 839. The predicted molar refractivity (Wildman–Crippen MR) is 133 cm³/mol. The molecule has 4 atom stereocenters. The van der Waals surface area contributed by atoms with Gasteiger partial charge in [0, 0.05) is 24.2 Å². The first-order valence-electron chi connectivity index (χ1n) is 13.3. The molecule has 1 aromatic heterocycles. The molecule has 7 nitrogen and oxygen atoms in total. The third-order valence-electron chi connectivity index (χ3n) is 7.79. The molecule has 0 amide bonds. The van der Waals surface area contributed by atoms with Crippen molar-refractivity contribution in [2.24, 2.45) is 11.8 Å². The quantitative estimate of drug-likeness (QED) is 0.662. The highest BCUT2D eigenvalue weighted by atomic mass is 16.5. The molecular weight excluding hydrogens is 428 g/mol. The van der Waals surface area contributed by atoms with Crippen molar-refractivity contribution in [1.82, 2.24) is 14.9 Å². The molecule has 186 valence electrons. The average molecular weight is 469 g/mol. The maximum absolute atomic E-state index is 6.12. The van der Waals surface area contributed by atoms with Crippen LogP contribution in [0.1, 0.15) is 57.1 Å². The largest absolute Gasteiger partial charge is 0.495 e. The fraction of sp³-hybridized carbons (Fsp3) is 0.704. The lowest BCUT2D eigenvalue weighted by Gasteiger charge is -2.36. The predicted octanol–water partition coefficient (Wildman–Crippen LogP) is 4.28. The molecule has 1 N–H and O–H groups in total. The van der Waals surface area contributed by atoms with Crippen molar-refractivity contribution in [3.8, 4) is 0 Å². The summed E-state index contributed by atoms with van der Waals surface area (Å²) in [5.41, 5.74) is 2.06. The summed E-state index contributed by atoms with van der Waals surface area (Å²) in [7, 11) is 0. The first kappa shape index (κ1) is 23.8. The fourth-order valence-corrected chi connectivity index (χ4v) is 5.89. The number of fused-ring (bicyclic) bond motifs is 7. The maximum Gasteiger partial charge on any atom is 0.223 e. The summed E-state index contributed by atoms with van der Waals surface area (Å²) in [6.45, 7) is 6.48. The molecule has 3 unspecified atom stereocenters. The number of ether oxygens (including phenoxy) is 3. The van der Waals surface area contributed by atoms with Crippen LogP contribution in [0.15, 0.2) is 30.7 Å². The molecular formula is C27H40N4O3. The van der Waals surface area contributed by atoms with Crippen molar-refractivity contribution < 1.29 is 14.2 Å². The van der Waals surface area contributed by atoms with Crippen LogP contribution in [-0.2, 0) is 14.2 Å². The van der Waals surface area contributed by atoms with E-state index in [-0.39, 0.29) is 6.10 Å². The zero-order chi connectivity index (χ0) is 23.0. The standard InChI is InChI=1S/C27H40N4O3/c1-2-12-31(11-1)13-5-6-21-7-8-24-16-22(21)18-32-14-3-4-15-33-20-25-17-23(19-34-25)26-9-10-28-27(29-24)30-26/h3-4,9-10,19,21-22,24-25H,1-2,5-8,11-18,20H2,(H,28,29,30)/b4-3+/t21-,22?,24?,25?/m0/s1. The number of anilines is 1. The minimum atomic E-state index is 0.0476. The van der Waals surface area contributed by atoms with Gasteiger partial charge in [-0.2, -0.15) is 0 Å². The van der Waals surface area contributed by atoms with Crippen LogP contribution in [0.4, 0.5) is 5.95 Å².